The lowest BCUT2D eigenvalue weighted by Gasteiger charge is -2.23. The van der Waals surface area contributed by atoms with Crippen LogP contribution in [0.3, 0.4) is 0 Å². The number of pyridine rings is 1. The van der Waals surface area contributed by atoms with Crippen molar-refractivity contribution < 1.29 is 0 Å². The lowest BCUT2D eigenvalue weighted by molar-refractivity contribution is 0.392. The number of hydrogen-bond acceptors (Lipinski definition) is 6. The van der Waals surface area contributed by atoms with E-state index in [1.807, 2.05) is 13.1 Å². The number of hydrogen-bond donors (Lipinski definition) is 3. The first-order valence-electron chi connectivity index (χ1n) is 9.18. The van der Waals surface area contributed by atoms with Crippen LogP contribution in [-0.2, 0) is 0 Å². The van der Waals surface area contributed by atoms with E-state index in [9.17, 15) is 0 Å². The zero-order valence-corrected chi connectivity index (χ0v) is 15.0. The molecule has 1 aromatic carbocycles. The van der Waals surface area contributed by atoms with Crippen LogP contribution < -0.4 is 16.0 Å². The average Bonchev–Trinajstić information content (AvgIpc) is 2.72. The zero-order valence-electron chi connectivity index (χ0n) is 15.0. The minimum Gasteiger partial charge on any atom is -0.388 e. The molecule has 6 nitrogen and oxygen atoms in total. The molecule has 1 saturated heterocycles. The fourth-order valence-electron chi connectivity index (χ4n) is 3.39. The normalized spacial score (nSPS) is 17.2. The highest BCUT2D eigenvalue weighted by atomic mass is 15.0. The molecule has 0 amide bonds. The van der Waals surface area contributed by atoms with Crippen LogP contribution in [0.4, 0.5) is 11.5 Å². The Bertz CT molecular complexity index is 871. The summed E-state index contributed by atoms with van der Waals surface area (Å²) in [6.07, 6.45) is 5.93. The third-order valence-corrected chi connectivity index (χ3v) is 4.88. The van der Waals surface area contributed by atoms with E-state index in [0.29, 0.717) is 5.92 Å². The van der Waals surface area contributed by atoms with E-state index in [4.69, 9.17) is 4.98 Å². The molecule has 0 bridgehead atoms. The van der Waals surface area contributed by atoms with Crippen molar-refractivity contribution in [3.05, 3.63) is 42.7 Å². The first-order chi connectivity index (χ1) is 12.8. The number of rotatable bonds is 5. The maximum Gasteiger partial charge on any atom is 0.154 e. The molecule has 2 aromatic heterocycles. The molecule has 134 valence electrons. The summed E-state index contributed by atoms with van der Waals surface area (Å²) in [5.41, 5.74) is 4.74. The molecule has 26 heavy (non-hydrogen) atoms. The Kier molecular flexibility index (Phi) is 4.93. The predicted octanol–water partition coefficient (Wildman–Crippen LogP) is 3.15. The molecule has 0 saturated carbocycles. The third kappa shape index (κ3) is 3.60. The van der Waals surface area contributed by atoms with E-state index < -0.39 is 0 Å². The molecular formula is C20H24N6. The van der Waals surface area contributed by atoms with E-state index in [-0.39, 0.29) is 0 Å². The van der Waals surface area contributed by atoms with Crippen molar-refractivity contribution >= 4 is 22.5 Å². The molecule has 1 aliphatic heterocycles. The van der Waals surface area contributed by atoms with Crippen LogP contribution in [0.5, 0.6) is 0 Å². The monoisotopic (exact) mass is 348 g/mol. The number of benzene rings is 1. The van der Waals surface area contributed by atoms with Gasteiger partial charge in [-0.15, -0.1) is 0 Å². The van der Waals surface area contributed by atoms with Gasteiger partial charge in [-0.3, -0.25) is 4.98 Å². The van der Waals surface area contributed by atoms with Crippen molar-refractivity contribution in [2.75, 3.05) is 37.3 Å². The van der Waals surface area contributed by atoms with Gasteiger partial charge >= 0.3 is 0 Å². The van der Waals surface area contributed by atoms with Gasteiger partial charge in [-0.25, -0.2) is 9.97 Å². The van der Waals surface area contributed by atoms with Gasteiger partial charge in [0, 0.05) is 37.2 Å². The molecular weight excluding hydrogens is 324 g/mol. The molecule has 0 aliphatic carbocycles. The molecule has 0 spiro atoms. The van der Waals surface area contributed by atoms with Crippen LogP contribution in [0.15, 0.2) is 42.7 Å². The van der Waals surface area contributed by atoms with Crippen molar-refractivity contribution in [2.45, 2.75) is 12.8 Å². The van der Waals surface area contributed by atoms with Crippen molar-refractivity contribution in [1.29, 1.82) is 0 Å². The molecule has 6 heteroatoms. The second-order valence-electron chi connectivity index (χ2n) is 6.70. The molecule has 3 N–H and O–H groups in total. The van der Waals surface area contributed by atoms with Crippen LogP contribution in [0.25, 0.3) is 22.3 Å². The van der Waals surface area contributed by atoms with Gasteiger partial charge in [0.2, 0.25) is 0 Å². The minimum atomic E-state index is 0.621. The summed E-state index contributed by atoms with van der Waals surface area (Å²) in [5, 5.41) is 10.1. The predicted molar refractivity (Wildman–Crippen MR) is 106 cm³/mol. The Morgan fingerprint density at radius 2 is 2.00 bits per heavy atom. The Morgan fingerprint density at radius 3 is 2.77 bits per heavy atom. The van der Waals surface area contributed by atoms with E-state index in [1.54, 1.807) is 12.4 Å². The number of nitrogens with zero attached hydrogens (tertiary/aromatic N) is 3. The quantitative estimate of drug-likeness (QED) is 0.658. The Morgan fingerprint density at radius 1 is 1.15 bits per heavy atom. The largest absolute Gasteiger partial charge is 0.388 e. The maximum atomic E-state index is 4.86. The molecule has 0 radical (unpaired) electrons. The van der Waals surface area contributed by atoms with Gasteiger partial charge in [-0.2, -0.15) is 0 Å². The first kappa shape index (κ1) is 16.7. The number of fused-ring (bicyclic) bond motifs is 1. The minimum absolute atomic E-state index is 0.621. The summed E-state index contributed by atoms with van der Waals surface area (Å²) in [4.78, 5) is 13.8. The molecule has 1 unspecified atom stereocenters. The van der Waals surface area contributed by atoms with Gasteiger partial charge in [0.1, 0.15) is 5.52 Å². The fraction of sp³-hybridized carbons (Fsp3) is 0.350. The molecule has 1 atom stereocenters. The molecule has 3 aromatic rings. The lowest BCUT2D eigenvalue weighted by atomic mass is 10.00. The lowest BCUT2D eigenvalue weighted by Crippen LogP contribution is -2.33. The van der Waals surface area contributed by atoms with Gasteiger partial charge in [0.05, 0.1) is 11.2 Å². The standard InChI is InChI=1S/C20H24N6/c1-21-16-6-4-15(5-7-16)17-11-18-19(24-10-9-23-18)20(26-17)25-13-14-3-2-8-22-12-14/h4-7,9-11,14,21-22H,2-3,8,12-13H2,1H3,(H,25,26). The molecule has 1 aliphatic rings. The fourth-order valence-corrected chi connectivity index (χ4v) is 3.39. The summed E-state index contributed by atoms with van der Waals surface area (Å²) in [6, 6.07) is 10.3. The highest BCUT2D eigenvalue weighted by molar-refractivity contribution is 5.88. The summed E-state index contributed by atoms with van der Waals surface area (Å²) < 4.78 is 0. The van der Waals surface area contributed by atoms with Crippen LogP contribution in [0.1, 0.15) is 12.8 Å². The van der Waals surface area contributed by atoms with E-state index in [1.165, 1.54) is 12.8 Å². The van der Waals surface area contributed by atoms with E-state index in [2.05, 4.69) is 50.2 Å². The number of nitrogens with one attached hydrogen (secondary N) is 3. The van der Waals surface area contributed by atoms with Crippen molar-refractivity contribution in [1.82, 2.24) is 20.3 Å². The Balaban J connectivity index is 1.65. The first-order valence-corrected chi connectivity index (χ1v) is 9.18. The maximum absolute atomic E-state index is 4.86. The zero-order chi connectivity index (χ0) is 17.8. The SMILES string of the molecule is CNc1ccc(-c2cc3nccnc3c(NCC3CCCNC3)n2)cc1. The van der Waals surface area contributed by atoms with Crippen molar-refractivity contribution in [3.63, 3.8) is 0 Å². The summed E-state index contributed by atoms with van der Waals surface area (Å²) >= 11 is 0. The molecule has 4 rings (SSSR count). The van der Waals surface area contributed by atoms with Crippen LogP contribution in [0, 0.1) is 5.92 Å². The van der Waals surface area contributed by atoms with Gasteiger partial charge in [0.15, 0.2) is 5.82 Å². The average molecular weight is 348 g/mol. The van der Waals surface area contributed by atoms with E-state index in [0.717, 1.165) is 53.4 Å². The third-order valence-electron chi connectivity index (χ3n) is 4.88. The van der Waals surface area contributed by atoms with Gasteiger partial charge < -0.3 is 16.0 Å². The number of piperidine rings is 1. The summed E-state index contributed by atoms with van der Waals surface area (Å²) in [7, 11) is 1.92. The smallest absolute Gasteiger partial charge is 0.154 e. The van der Waals surface area contributed by atoms with Gasteiger partial charge in [-0.05, 0) is 50.0 Å². The van der Waals surface area contributed by atoms with Crippen LogP contribution in [-0.4, -0.2) is 41.6 Å². The highest BCUT2D eigenvalue weighted by Gasteiger charge is 2.15. The van der Waals surface area contributed by atoms with Gasteiger partial charge in [-0.1, -0.05) is 12.1 Å². The molecule has 1 fully saturated rings. The summed E-state index contributed by atoms with van der Waals surface area (Å²) in [6.45, 7) is 3.08. The topological polar surface area (TPSA) is 74.8 Å². The van der Waals surface area contributed by atoms with Crippen LogP contribution in [0.2, 0.25) is 0 Å². The number of aromatic nitrogens is 3. The molecule has 3 heterocycles. The van der Waals surface area contributed by atoms with Crippen molar-refractivity contribution in [3.8, 4) is 11.3 Å². The van der Waals surface area contributed by atoms with Gasteiger partial charge in [0.25, 0.3) is 0 Å². The second kappa shape index (κ2) is 7.66. The van der Waals surface area contributed by atoms with E-state index >= 15 is 0 Å². The summed E-state index contributed by atoms with van der Waals surface area (Å²) in [5.74, 6) is 1.43. The number of anilines is 2. The van der Waals surface area contributed by atoms with Crippen LogP contribution >= 0.6 is 0 Å². The Hall–Kier alpha value is -2.73. The second-order valence-corrected chi connectivity index (χ2v) is 6.70. The highest BCUT2D eigenvalue weighted by Crippen LogP contribution is 2.26. The van der Waals surface area contributed by atoms with Crippen molar-refractivity contribution in [2.24, 2.45) is 5.92 Å². The Labute approximate surface area is 153 Å².